The number of nitrogens with one attached hydrogen (secondary N) is 3. The molecule has 0 fully saturated rings. The molecule has 0 aliphatic heterocycles. The molecule has 194 valence electrons. The maximum absolute atomic E-state index is 5.96. The van der Waals surface area contributed by atoms with E-state index in [9.17, 15) is 0 Å². The quantitative estimate of drug-likeness (QED) is 0.130. The highest BCUT2D eigenvalue weighted by molar-refractivity contribution is 6.30. The van der Waals surface area contributed by atoms with Gasteiger partial charge in [-0.15, -0.1) is 12.4 Å². The number of rotatable bonds is 10. The molecular formula is C26H23Cl2N7O3. The third kappa shape index (κ3) is 7.02. The highest BCUT2D eigenvalue weighted by Gasteiger charge is 2.09. The van der Waals surface area contributed by atoms with Crippen LogP contribution in [0.4, 0.5) is 23.5 Å². The van der Waals surface area contributed by atoms with Crippen LogP contribution in [0.3, 0.4) is 0 Å². The van der Waals surface area contributed by atoms with Crippen molar-refractivity contribution in [3.8, 4) is 17.1 Å². The van der Waals surface area contributed by atoms with E-state index >= 15 is 0 Å². The number of benzene rings is 2. The van der Waals surface area contributed by atoms with E-state index in [1.54, 1.807) is 13.4 Å². The Morgan fingerprint density at radius 1 is 0.921 bits per heavy atom. The van der Waals surface area contributed by atoms with Crippen LogP contribution in [0.15, 0.2) is 93.0 Å². The Kier molecular flexibility index (Phi) is 8.81. The predicted octanol–water partition coefficient (Wildman–Crippen LogP) is 6.61. The highest BCUT2D eigenvalue weighted by atomic mass is 35.5. The maximum atomic E-state index is 5.96. The van der Waals surface area contributed by atoms with Crippen molar-refractivity contribution in [1.29, 1.82) is 0 Å². The molecule has 0 spiro atoms. The monoisotopic (exact) mass is 551 g/mol. The molecule has 12 heteroatoms. The van der Waals surface area contributed by atoms with Crippen molar-refractivity contribution in [2.45, 2.75) is 6.54 Å². The molecule has 5 aromatic rings. The topological polar surface area (TPSA) is 123 Å². The second-order valence-electron chi connectivity index (χ2n) is 7.67. The third-order valence-corrected chi connectivity index (χ3v) is 5.35. The molecular weight excluding hydrogens is 529 g/mol. The average molecular weight is 552 g/mol. The van der Waals surface area contributed by atoms with Crippen molar-refractivity contribution in [2.24, 2.45) is 5.10 Å². The smallest absolute Gasteiger partial charge is 0.250 e. The number of hydrogen-bond acceptors (Lipinski definition) is 10. The minimum atomic E-state index is 0. The van der Waals surface area contributed by atoms with Crippen LogP contribution in [0.25, 0.3) is 11.3 Å². The van der Waals surface area contributed by atoms with E-state index in [4.69, 9.17) is 25.2 Å². The summed E-state index contributed by atoms with van der Waals surface area (Å²) in [7, 11) is 1.62. The van der Waals surface area contributed by atoms with Crippen molar-refractivity contribution >= 4 is 53.8 Å². The first kappa shape index (κ1) is 26.5. The lowest BCUT2D eigenvalue weighted by Gasteiger charge is -2.10. The number of halogens is 2. The number of hydrazone groups is 1. The SMILES string of the molecule is COc1ccc(Nc2nc(NCc3ccco3)nc(NN=Cc3ccc(-c4ccc(Cl)cc4)o3)n2)cc1.Cl. The minimum absolute atomic E-state index is 0. The Labute approximate surface area is 229 Å². The van der Waals surface area contributed by atoms with Crippen molar-refractivity contribution < 1.29 is 13.6 Å². The van der Waals surface area contributed by atoms with Crippen LogP contribution in [0.5, 0.6) is 5.75 Å². The van der Waals surface area contributed by atoms with Crippen LogP contribution in [0, 0.1) is 0 Å². The summed E-state index contributed by atoms with van der Waals surface area (Å²) in [5, 5.41) is 11.2. The predicted molar refractivity (Wildman–Crippen MR) is 150 cm³/mol. The van der Waals surface area contributed by atoms with Crippen LogP contribution in [-0.4, -0.2) is 28.3 Å². The van der Waals surface area contributed by atoms with Gasteiger partial charge in [-0.25, -0.2) is 5.43 Å². The fourth-order valence-corrected chi connectivity index (χ4v) is 3.41. The molecule has 3 N–H and O–H groups in total. The minimum Gasteiger partial charge on any atom is -0.497 e. The first-order valence-corrected chi connectivity index (χ1v) is 11.6. The Morgan fingerprint density at radius 3 is 2.42 bits per heavy atom. The lowest BCUT2D eigenvalue weighted by Crippen LogP contribution is -2.09. The normalized spacial score (nSPS) is 10.7. The first-order valence-electron chi connectivity index (χ1n) is 11.2. The summed E-state index contributed by atoms with van der Waals surface area (Å²) in [6, 6.07) is 22.1. The van der Waals surface area contributed by atoms with E-state index in [2.05, 4.69) is 36.1 Å². The van der Waals surface area contributed by atoms with E-state index in [-0.39, 0.29) is 18.4 Å². The van der Waals surface area contributed by atoms with Crippen molar-refractivity contribution in [3.63, 3.8) is 0 Å². The summed E-state index contributed by atoms with van der Waals surface area (Å²) in [5.74, 6) is 3.63. The van der Waals surface area contributed by atoms with Crippen molar-refractivity contribution in [1.82, 2.24) is 15.0 Å². The van der Waals surface area contributed by atoms with Gasteiger partial charge in [0.2, 0.25) is 17.8 Å². The first-order chi connectivity index (χ1) is 18.1. The summed E-state index contributed by atoms with van der Waals surface area (Å²) < 4.78 is 16.4. The van der Waals surface area contributed by atoms with E-state index in [0.29, 0.717) is 35.0 Å². The molecule has 3 heterocycles. The number of nitrogens with zero attached hydrogens (tertiary/aromatic N) is 4. The average Bonchev–Trinajstić information content (AvgIpc) is 3.61. The standard InChI is InChI=1S/C26H22ClN7O3.ClH/c1-35-20-10-8-19(9-11-20)30-25-31-24(28-15-21-3-2-14-36-21)32-26(33-25)34-29-16-22-12-13-23(37-22)17-4-6-18(27)7-5-17;/h2-14,16H,15H2,1H3,(H3,28,30,31,32,33,34);1H. The van der Waals surface area contributed by atoms with Gasteiger partial charge < -0.3 is 24.2 Å². The van der Waals surface area contributed by atoms with E-state index in [1.807, 2.05) is 72.8 Å². The molecule has 0 bridgehead atoms. The van der Waals surface area contributed by atoms with E-state index in [1.165, 1.54) is 6.21 Å². The molecule has 0 unspecified atom stereocenters. The molecule has 0 amide bonds. The van der Waals surface area contributed by atoms with Gasteiger partial charge in [-0.05, 0) is 72.8 Å². The van der Waals surface area contributed by atoms with Crippen LogP contribution >= 0.6 is 24.0 Å². The zero-order valence-corrected chi connectivity index (χ0v) is 21.7. The van der Waals surface area contributed by atoms with Crippen LogP contribution in [0.2, 0.25) is 5.02 Å². The second kappa shape index (κ2) is 12.6. The summed E-state index contributed by atoms with van der Waals surface area (Å²) in [4.78, 5) is 13.2. The summed E-state index contributed by atoms with van der Waals surface area (Å²) >= 11 is 5.96. The number of ether oxygens (including phenoxy) is 1. The molecule has 2 aromatic carbocycles. The Morgan fingerprint density at radius 2 is 1.68 bits per heavy atom. The molecule has 0 saturated carbocycles. The molecule has 38 heavy (non-hydrogen) atoms. The fraction of sp³-hybridized carbons (Fsp3) is 0.0769. The molecule has 3 aromatic heterocycles. The molecule has 10 nitrogen and oxygen atoms in total. The number of aromatic nitrogens is 3. The third-order valence-electron chi connectivity index (χ3n) is 5.09. The van der Waals surface area contributed by atoms with Gasteiger partial charge in [0.25, 0.3) is 0 Å². The fourth-order valence-electron chi connectivity index (χ4n) is 3.29. The van der Waals surface area contributed by atoms with Gasteiger partial charge in [-0.3, -0.25) is 0 Å². The Bertz CT molecular complexity index is 1470. The van der Waals surface area contributed by atoms with Crippen LogP contribution < -0.4 is 20.8 Å². The number of hydrogen-bond donors (Lipinski definition) is 3. The number of methoxy groups -OCH3 is 1. The number of anilines is 4. The molecule has 0 atom stereocenters. The lowest BCUT2D eigenvalue weighted by molar-refractivity contribution is 0.415. The Hall–Kier alpha value is -4.54. The van der Waals surface area contributed by atoms with Gasteiger partial charge in [0, 0.05) is 16.3 Å². The molecule has 5 rings (SSSR count). The highest BCUT2D eigenvalue weighted by Crippen LogP contribution is 2.23. The number of furan rings is 2. The summed E-state index contributed by atoms with van der Waals surface area (Å²) in [6.45, 7) is 0.404. The van der Waals surface area contributed by atoms with Gasteiger partial charge in [0.1, 0.15) is 23.0 Å². The van der Waals surface area contributed by atoms with Crippen LogP contribution in [-0.2, 0) is 6.54 Å². The van der Waals surface area contributed by atoms with Gasteiger partial charge in [-0.2, -0.15) is 20.1 Å². The maximum Gasteiger partial charge on any atom is 0.250 e. The van der Waals surface area contributed by atoms with Crippen molar-refractivity contribution in [2.75, 3.05) is 23.2 Å². The van der Waals surface area contributed by atoms with Gasteiger partial charge in [-0.1, -0.05) is 11.6 Å². The molecule has 0 aliphatic carbocycles. The van der Waals surface area contributed by atoms with Gasteiger partial charge >= 0.3 is 0 Å². The zero-order chi connectivity index (χ0) is 25.5. The van der Waals surface area contributed by atoms with E-state index < -0.39 is 0 Å². The lowest BCUT2D eigenvalue weighted by atomic mass is 10.2. The van der Waals surface area contributed by atoms with Crippen molar-refractivity contribution in [3.05, 3.63) is 95.6 Å². The van der Waals surface area contributed by atoms with Crippen LogP contribution in [0.1, 0.15) is 11.5 Å². The zero-order valence-electron chi connectivity index (χ0n) is 20.1. The summed E-state index contributed by atoms with van der Waals surface area (Å²) in [5.41, 5.74) is 4.53. The van der Waals surface area contributed by atoms with E-state index in [0.717, 1.165) is 22.8 Å². The second-order valence-corrected chi connectivity index (χ2v) is 8.11. The molecule has 0 saturated heterocycles. The molecule has 0 aliphatic rings. The van der Waals surface area contributed by atoms with Gasteiger partial charge in [0.15, 0.2) is 0 Å². The molecule has 0 radical (unpaired) electrons. The Balaban J connectivity index is 0.00000336. The largest absolute Gasteiger partial charge is 0.497 e. The van der Waals surface area contributed by atoms with Gasteiger partial charge in [0.05, 0.1) is 26.1 Å². The summed E-state index contributed by atoms with van der Waals surface area (Å²) in [6.07, 6.45) is 3.14.